The maximum Gasteiger partial charge on any atom is 0.416 e. The van der Waals surface area contributed by atoms with E-state index in [1.807, 2.05) is 13.8 Å². The number of rotatable bonds is 4. The third-order valence-corrected chi connectivity index (χ3v) is 2.71. The lowest BCUT2D eigenvalue weighted by Crippen LogP contribution is -2.28. The summed E-state index contributed by atoms with van der Waals surface area (Å²) >= 11 is 0. The second-order valence-corrected chi connectivity index (χ2v) is 3.97. The number of carbonyl (C=O) groups excluding carboxylic acids is 1. The summed E-state index contributed by atoms with van der Waals surface area (Å²) in [5, 5.41) is 0. The van der Waals surface area contributed by atoms with Gasteiger partial charge >= 0.3 is 6.18 Å². The van der Waals surface area contributed by atoms with Crippen LogP contribution in [0.5, 0.6) is 0 Å². The molecular formula is C14H16F3NO. The molecule has 0 radical (unpaired) electrons. The maximum atomic E-state index is 12.5. The molecule has 0 aromatic heterocycles. The van der Waals surface area contributed by atoms with Gasteiger partial charge in [-0.25, -0.2) is 0 Å². The molecule has 0 fully saturated rings. The largest absolute Gasteiger partial charge is 0.416 e. The van der Waals surface area contributed by atoms with Crippen LogP contribution in [-0.4, -0.2) is 23.9 Å². The van der Waals surface area contributed by atoms with E-state index in [0.717, 1.165) is 12.1 Å². The Labute approximate surface area is 110 Å². The summed E-state index contributed by atoms with van der Waals surface area (Å²) in [7, 11) is 0. The molecular weight excluding hydrogens is 255 g/mol. The van der Waals surface area contributed by atoms with Crippen molar-refractivity contribution >= 4 is 12.0 Å². The smallest absolute Gasteiger partial charge is 0.340 e. The van der Waals surface area contributed by atoms with Gasteiger partial charge in [-0.1, -0.05) is 12.1 Å². The Hall–Kier alpha value is -1.78. The number of alkyl halides is 3. The van der Waals surface area contributed by atoms with Crippen LogP contribution in [0.2, 0.25) is 0 Å². The van der Waals surface area contributed by atoms with Crippen molar-refractivity contribution < 1.29 is 18.0 Å². The molecule has 1 aromatic carbocycles. The molecule has 0 aliphatic carbocycles. The molecule has 0 aliphatic heterocycles. The summed E-state index contributed by atoms with van der Waals surface area (Å²) in [6, 6.07) is 4.88. The molecule has 0 N–H and O–H groups in total. The lowest BCUT2D eigenvalue weighted by Gasteiger charge is -2.15. The number of hydrogen-bond donors (Lipinski definition) is 0. The number of benzene rings is 1. The predicted molar refractivity (Wildman–Crippen MR) is 68.4 cm³/mol. The van der Waals surface area contributed by atoms with Gasteiger partial charge in [0.2, 0.25) is 5.91 Å². The first-order valence-corrected chi connectivity index (χ1v) is 6.02. The first-order chi connectivity index (χ1) is 8.88. The Morgan fingerprint density at radius 3 is 2.42 bits per heavy atom. The van der Waals surface area contributed by atoms with Gasteiger partial charge in [0.15, 0.2) is 0 Å². The van der Waals surface area contributed by atoms with Gasteiger partial charge in [-0.05, 0) is 37.6 Å². The second kappa shape index (κ2) is 6.41. The minimum absolute atomic E-state index is 0.206. The van der Waals surface area contributed by atoms with Crippen LogP contribution in [0, 0.1) is 0 Å². The molecule has 1 rings (SSSR count). The van der Waals surface area contributed by atoms with Crippen LogP contribution in [0.15, 0.2) is 30.3 Å². The monoisotopic (exact) mass is 271 g/mol. The Morgan fingerprint density at radius 2 is 1.89 bits per heavy atom. The Morgan fingerprint density at radius 1 is 1.26 bits per heavy atom. The van der Waals surface area contributed by atoms with Crippen LogP contribution in [0.4, 0.5) is 13.2 Å². The zero-order valence-electron chi connectivity index (χ0n) is 10.9. The number of amides is 1. The lowest BCUT2D eigenvalue weighted by atomic mass is 10.1. The van der Waals surface area contributed by atoms with E-state index in [2.05, 4.69) is 0 Å². The molecule has 1 amide bonds. The highest BCUT2D eigenvalue weighted by Crippen LogP contribution is 2.29. The van der Waals surface area contributed by atoms with E-state index in [1.165, 1.54) is 24.3 Å². The highest BCUT2D eigenvalue weighted by atomic mass is 19.4. The fourth-order valence-corrected chi connectivity index (χ4v) is 1.63. The summed E-state index contributed by atoms with van der Waals surface area (Å²) in [5.74, 6) is -0.206. The SMILES string of the molecule is CCN(CC)C(=O)C=Cc1cccc(C(F)(F)F)c1. The van der Waals surface area contributed by atoms with E-state index in [-0.39, 0.29) is 5.91 Å². The molecule has 0 spiro atoms. The van der Waals surface area contributed by atoms with Crippen molar-refractivity contribution in [3.63, 3.8) is 0 Å². The van der Waals surface area contributed by atoms with Crippen LogP contribution >= 0.6 is 0 Å². The summed E-state index contributed by atoms with van der Waals surface area (Å²) in [5.41, 5.74) is -0.361. The van der Waals surface area contributed by atoms with Crippen LogP contribution < -0.4 is 0 Å². The zero-order valence-corrected chi connectivity index (χ0v) is 10.9. The van der Waals surface area contributed by atoms with E-state index in [9.17, 15) is 18.0 Å². The Balaban J connectivity index is 2.86. The molecule has 0 saturated heterocycles. The summed E-state index contributed by atoms with van der Waals surface area (Å²) in [6.45, 7) is 4.84. The first-order valence-electron chi connectivity index (χ1n) is 6.02. The number of halogens is 3. The Kier molecular flexibility index (Phi) is 5.15. The van der Waals surface area contributed by atoms with Gasteiger partial charge in [-0.3, -0.25) is 4.79 Å². The Bertz CT molecular complexity index is 462. The van der Waals surface area contributed by atoms with Gasteiger partial charge in [0.25, 0.3) is 0 Å². The minimum atomic E-state index is -4.37. The normalized spacial score (nSPS) is 11.8. The fourth-order valence-electron chi connectivity index (χ4n) is 1.63. The number of hydrogen-bond acceptors (Lipinski definition) is 1. The van der Waals surface area contributed by atoms with Crippen molar-refractivity contribution in [1.82, 2.24) is 4.90 Å². The molecule has 2 nitrogen and oxygen atoms in total. The minimum Gasteiger partial charge on any atom is -0.340 e. The second-order valence-electron chi connectivity index (χ2n) is 3.97. The van der Waals surface area contributed by atoms with E-state index in [0.29, 0.717) is 18.7 Å². The van der Waals surface area contributed by atoms with Gasteiger partial charge in [0.1, 0.15) is 0 Å². The van der Waals surface area contributed by atoms with Crippen molar-refractivity contribution in [1.29, 1.82) is 0 Å². The number of carbonyl (C=O) groups is 1. The molecule has 0 atom stereocenters. The maximum absolute atomic E-state index is 12.5. The van der Waals surface area contributed by atoms with Gasteiger partial charge < -0.3 is 4.90 Å². The van der Waals surface area contributed by atoms with Gasteiger partial charge in [0.05, 0.1) is 5.56 Å². The highest BCUT2D eigenvalue weighted by molar-refractivity contribution is 5.91. The highest BCUT2D eigenvalue weighted by Gasteiger charge is 2.30. The molecule has 104 valence electrons. The topological polar surface area (TPSA) is 20.3 Å². The average molecular weight is 271 g/mol. The summed E-state index contributed by atoms with van der Waals surface area (Å²) in [6.07, 6.45) is -1.68. The van der Waals surface area contributed by atoms with Crippen molar-refractivity contribution in [3.8, 4) is 0 Å². The zero-order chi connectivity index (χ0) is 14.5. The van der Waals surface area contributed by atoms with E-state index < -0.39 is 11.7 Å². The molecule has 0 heterocycles. The third-order valence-electron chi connectivity index (χ3n) is 2.71. The lowest BCUT2D eigenvalue weighted by molar-refractivity contribution is -0.137. The number of nitrogens with zero attached hydrogens (tertiary/aromatic N) is 1. The first kappa shape index (κ1) is 15.3. The van der Waals surface area contributed by atoms with Gasteiger partial charge in [-0.2, -0.15) is 13.2 Å². The van der Waals surface area contributed by atoms with E-state index >= 15 is 0 Å². The quantitative estimate of drug-likeness (QED) is 0.766. The third kappa shape index (κ3) is 4.43. The van der Waals surface area contributed by atoms with Crippen LogP contribution in [0.1, 0.15) is 25.0 Å². The van der Waals surface area contributed by atoms with Crippen molar-refractivity contribution in [3.05, 3.63) is 41.5 Å². The van der Waals surface area contributed by atoms with Crippen molar-refractivity contribution in [2.24, 2.45) is 0 Å². The standard InChI is InChI=1S/C14H16F3NO/c1-3-18(4-2)13(19)9-8-11-6-5-7-12(10-11)14(15,16)17/h5-10H,3-4H2,1-2H3. The molecule has 0 saturated carbocycles. The van der Waals surface area contributed by atoms with E-state index in [4.69, 9.17) is 0 Å². The molecule has 1 aromatic rings. The van der Waals surface area contributed by atoms with Crippen molar-refractivity contribution in [2.75, 3.05) is 13.1 Å². The molecule has 0 unspecified atom stereocenters. The fraction of sp³-hybridized carbons (Fsp3) is 0.357. The van der Waals surface area contributed by atoms with E-state index in [1.54, 1.807) is 4.90 Å². The summed E-state index contributed by atoms with van der Waals surface area (Å²) < 4.78 is 37.5. The summed E-state index contributed by atoms with van der Waals surface area (Å²) in [4.78, 5) is 13.3. The van der Waals surface area contributed by atoms with Crippen LogP contribution in [0.25, 0.3) is 6.08 Å². The molecule has 19 heavy (non-hydrogen) atoms. The van der Waals surface area contributed by atoms with Gasteiger partial charge in [0, 0.05) is 19.2 Å². The van der Waals surface area contributed by atoms with Crippen LogP contribution in [-0.2, 0) is 11.0 Å². The average Bonchev–Trinajstić information content (AvgIpc) is 2.37. The van der Waals surface area contributed by atoms with Gasteiger partial charge in [-0.15, -0.1) is 0 Å². The predicted octanol–water partition coefficient (Wildman–Crippen LogP) is 3.59. The van der Waals surface area contributed by atoms with Crippen molar-refractivity contribution in [2.45, 2.75) is 20.0 Å². The number of likely N-dealkylation sites (N-methyl/N-ethyl adjacent to an activating group) is 1. The molecule has 0 bridgehead atoms. The van der Waals surface area contributed by atoms with Crippen LogP contribution in [0.3, 0.4) is 0 Å². The molecule has 0 aliphatic rings. The molecule has 5 heteroatoms.